The van der Waals surface area contributed by atoms with Crippen molar-refractivity contribution in [3.05, 3.63) is 28.2 Å². The molecule has 7 heteroatoms. The van der Waals surface area contributed by atoms with E-state index in [1.165, 1.54) is 12.1 Å². The smallest absolute Gasteiger partial charge is 0.267 e. The number of benzene rings is 1. The fourth-order valence-corrected chi connectivity index (χ4v) is 3.02. The summed E-state index contributed by atoms with van der Waals surface area (Å²) in [5, 5.41) is -3.85. The van der Waals surface area contributed by atoms with Gasteiger partial charge in [-0.2, -0.15) is 17.2 Å². The number of hydrogen-bond acceptors (Lipinski definition) is 2. The Bertz CT molecular complexity index is 529. The third-order valence-corrected chi connectivity index (χ3v) is 4.57. The summed E-state index contributed by atoms with van der Waals surface area (Å²) in [7, 11) is -3.49. The lowest BCUT2D eigenvalue weighted by Gasteiger charge is -2.12. The Morgan fingerprint density at radius 3 is 2.60 bits per heavy atom. The number of alkyl halides is 2. The normalized spacial score (nSPS) is 21.5. The van der Waals surface area contributed by atoms with Crippen LogP contribution in [0.5, 0.6) is 0 Å². The first-order valence-corrected chi connectivity index (χ1v) is 6.18. The average molecular weight is 298 g/mol. The number of halogens is 3. The van der Waals surface area contributed by atoms with Crippen LogP contribution in [0.15, 0.2) is 22.7 Å². The van der Waals surface area contributed by atoms with Gasteiger partial charge in [-0.1, -0.05) is 15.9 Å². The molecule has 0 saturated heterocycles. The SMILES string of the molecule is CN1c2ccc(Br)cc2C(F)(F)S1(=O)=O. The molecule has 82 valence electrons. The molecule has 0 saturated carbocycles. The molecule has 0 fully saturated rings. The first-order chi connectivity index (χ1) is 6.78. The second kappa shape index (κ2) is 2.91. The highest BCUT2D eigenvalue weighted by atomic mass is 79.9. The Morgan fingerprint density at radius 1 is 1.40 bits per heavy atom. The van der Waals surface area contributed by atoms with E-state index >= 15 is 0 Å². The Morgan fingerprint density at radius 2 is 2.00 bits per heavy atom. The highest BCUT2D eigenvalue weighted by Gasteiger charge is 2.57. The number of nitrogens with zero attached hydrogens (tertiary/aromatic N) is 1. The van der Waals surface area contributed by atoms with Gasteiger partial charge in [0, 0.05) is 11.5 Å². The van der Waals surface area contributed by atoms with Crippen molar-refractivity contribution in [2.24, 2.45) is 0 Å². The zero-order chi connectivity index (χ0) is 11.4. The van der Waals surface area contributed by atoms with Crippen molar-refractivity contribution in [3.8, 4) is 0 Å². The van der Waals surface area contributed by atoms with Crippen molar-refractivity contribution in [1.82, 2.24) is 0 Å². The second-order valence-electron chi connectivity index (χ2n) is 3.15. The summed E-state index contributed by atoms with van der Waals surface area (Å²) >= 11 is 3.03. The topological polar surface area (TPSA) is 37.4 Å². The molecule has 0 unspecified atom stereocenters. The molecule has 0 N–H and O–H groups in total. The number of fused-ring (bicyclic) bond motifs is 1. The van der Waals surface area contributed by atoms with Gasteiger partial charge in [0.25, 0.3) is 0 Å². The third-order valence-electron chi connectivity index (χ3n) is 2.30. The van der Waals surface area contributed by atoms with E-state index in [0.29, 0.717) is 8.78 Å². The molecule has 0 amide bonds. The van der Waals surface area contributed by atoms with E-state index < -0.39 is 20.8 Å². The van der Waals surface area contributed by atoms with Crippen molar-refractivity contribution in [1.29, 1.82) is 0 Å². The van der Waals surface area contributed by atoms with E-state index in [2.05, 4.69) is 15.9 Å². The molecule has 1 aliphatic heterocycles. The van der Waals surface area contributed by atoms with E-state index in [1.807, 2.05) is 0 Å². The molecule has 0 radical (unpaired) electrons. The fraction of sp³-hybridized carbons (Fsp3) is 0.250. The molecule has 3 nitrogen and oxygen atoms in total. The maximum atomic E-state index is 13.5. The van der Waals surface area contributed by atoms with Gasteiger partial charge in [0.1, 0.15) is 0 Å². The van der Waals surface area contributed by atoms with Crippen LogP contribution in [0, 0.1) is 0 Å². The maximum Gasteiger partial charge on any atom is 0.391 e. The summed E-state index contributed by atoms with van der Waals surface area (Å²) < 4.78 is 50.7. The Balaban J connectivity index is 2.81. The molecular formula is C8H6BrF2NO2S. The molecule has 1 aromatic carbocycles. The van der Waals surface area contributed by atoms with Gasteiger partial charge in [-0.05, 0) is 18.2 Å². The predicted molar refractivity (Wildman–Crippen MR) is 55.4 cm³/mol. The number of hydrogen-bond donors (Lipinski definition) is 0. The van der Waals surface area contributed by atoms with Crippen LogP contribution < -0.4 is 4.31 Å². The van der Waals surface area contributed by atoms with Crippen LogP contribution >= 0.6 is 15.9 Å². The van der Waals surface area contributed by atoms with E-state index in [1.54, 1.807) is 0 Å². The average Bonchev–Trinajstić information content (AvgIpc) is 2.27. The zero-order valence-corrected chi connectivity index (χ0v) is 9.94. The lowest BCUT2D eigenvalue weighted by Crippen LogP contribution is -2.31. The highest BCUT2D eigenvalue weighted by molar-refractivity contribution is 9.10. The monoisotopic (exact) mass is 297 g/mol. The molecule has 0 atom stereocenters. The quantitative estimate of drug-likeness (QED) is 0.737. The van der Waals surface area contributed by atoms with Crippen LogP contribution in [0.2, 0.25) is 0 Å². The molecule has 0 spiro atoms. The zero-order valence-electron chi connectivity index (χ0n) is 7.54. The van der Waals surface area contributed by atoms with E-state index in [9.17, 15) is 17.2 Å². The summed E-state index contributed by atoms with van der Waals surface area (Å²) in [6.45, 7) is 0. The first kappa shape index (κ1) is 10.8. The lowest BCUT2D eigenvalue weighted by atomic mass is 10.2. The molecule has 0 aromatic heterocycles. The fourth-order valence-electron chi connectivity index (χ4n) is 1.46. The van der Waals surface area contributed by atoms with Gasteiger partial charge >= 0.3 is 15.3 Å². The minimum Gasteiger partial charge on any atom is -0.267 e. The summed E-state index contributed by atoms with van der Waals surface area (Å²) in [5.41, 5.74) is -0.470. The minimum atomic E-state index is -4.60. The van der Waals surface area contributed by atoms with Crippen LogP contribution in [0.25, 0.3) is 0 Å². The molecular weight excluding hydrogens is 292 g/mol. The molecule has 1 aliphatic rings. The summed E-state index contributed by atoms with van der Waals surface area (Å²) in [6, 6.07) is 3.99. The van der Waals surface area contributed by atoms with Gasteiger partial charge in [-0.3, -0.25) is 4.31 Å². The largest absolute Gasteiger partial charge is 0.391 e. The summed E-state index contributed by atoms with van der Waals surface area (Å²) in [5.74, 6) is 0. The summed E-state index contributed by atoms with van der Waals surface area (Å²) in [6.07, 6.45) is 0. The van der Waals surface area contributed by atoms with Crippen molar-refractivity contribution < 1.29 is 17.2 Å². The van der Waals surface area contributed by atoms with Crippen molar-refractivity contribution in [3.63, 3.8) is 0 Å². The van der Waals surface area contributed by atoms with Gasteiger partial charge in [0.15, 0.2) is 0 Å². The number of rotatable bonds is 0. The Hall–Kier alpha value is -0.690. The third kappa shape index (κ3) is 1.22. The van der Waals surface area contributed by atoms with Crippen LogP contribution in [0.1, 0.15) is 5.56 Å². The van der Waals surface area contributed by atoms with E-state index in [4.69, 9.17) is 0 Å². The highest BCUT2D eigenvalue weighted by Crippen LogP contribution is 2.49. The number of sulfonamides is 1. The maximum absolute atomic E-state index is 13.5. The van der Waals surface area contributed by atoms with Crippen molar-refractivity contribution in [2.75, 3.05) is 11.4 Å². The van der Waals surface area contributed by atoms with Gasteiger partial charge in [0.2, 0.25) is 0 Å². The predicted octanol–water partition coefficient (Wildman–Crippen LogP) is 2.28. The first-order valence-electron chi connectivity index (χ1n) is 3.95. The lowest BCUT2D eigenvalue weighted by molar-refractivity contribution is 0.0951. The molecule has 1 heterocycles. The Labute approximate surface area is 93.9 Å². The van der Waals surface area contributed by atoms with E-state index in [0.717, 1.165) is 13.1 Å². The standard InChI is InChI=1S/C8H6BrF2NO2S/c1-12-7-3-2-5(9)4-6(7)8(10,11)15(12,13)14/h2-4H,1H3. The molecule has 0 bridgehead atoms. The van der Waals surface area contributed by atoms with Crippen LogP contribution in [0.3, 0.4) is 0 Å². The van der Waals surface area contributed by atoms with Gasteiger partial charge in [-0.25, -0.2) is 0 Å². The van der Waals surface area contributed by atoms with Crippen molar-refractivity contribution in [2.45, 2.75) is 5.25 Å². The van der Waals surface area contributed by atoms with E-state index in [-0.39, 0.29) is 5.69 Å². The Kier molecular flexibility index (Phi) is 2.10. The van der Waals surface area contributed by atoms with Crippen molar-refractivity contribution >= 4 is 31.6 Å². The molecule has 2 rings (SSSR count). The van der Waals surface area contributed by atoms with Gasteiger partial charge in [-0.15, -0.1) is 0 Å². The molecule has 1 aromatic rings. The van der Waals surface area contributed by atoms with Crippen LogP contribution in [-0.2, 0) is 15.3 Å². The van der Waals surface area contributed by atoms with Crippen LogP contribution in [0.4, 0.5) is 14.5 Å². The summed E-state index contributed by atoms with van der Waals surface area (Å²) in [4.78, 5) is 0. The van der Waals surface area contributed by atoms with Gasteiger partial charge in [0.05, 0.1) is 11.3 Å². The molecule has 15 heavy (non-hydrogen) atoms. The van der Waals surface area contributed by atoms with Crippen LogP contribution in [-0.4, -0.2) is 15.5 Å². The second-order valence-corrected chi connectivity index (χ2v) is 6.08. The van der Waals surface area contributed by atoms with Gasteiger partial charge < -0.3 is 0 Å². The molecule has 0 aliphatic carbocycles. The minimum absolute atomic E-state index is 0.0169. The number of anilines is 1.